The summed E-state index contributed by atoms with van der Waals surface area (Å²) in [5.41, 5.74) is 1.59. The summed E-state index contributed by atoms with van der Waals surface area (Å²) in [5.74, 6) is 2.37. The van der Waals surface area contributed by atoms with E-state index in [1.807, 2.05) is 47.9 Å². The van der Waals surface area contributed by atoms with Crippen molar-refractivity contribution in [3.63, 3.8) is 0 Å². The van der Waals surface area contributed by atoms with Crippen LogP contribution in [0.2, 0.25) is 0 Å². The molecule has 2 aromatic rings. The van der Waals surface area contributed by atoms with Gasteiger partial charge in [0, 0.05) is 70.5 Å². The number of carbonyl (C=O) groups excluding carboxylic acids is 2. The standard InChI is InChI=1S/C33H48N4O6/c1-23(2)36(32(38)25-9-14-30(42-5)31(17-25)43-16-6-15-40-3)21-26-19-34-20-27(26)22-37(28-10-11-28)33(39)35-18-24-7-12-29(41-4)13-8-24/h7-9,12-14,17,23,26-28,34H,6,10-11,15-16,18-22H2,1-5H3,(H,35,39)/t26-,27-/m0/s1. The lowest BCUT2D eigenvalue weighted by molar-refractivity contribution is 0.0652. The third-order valence-electron chi connectivity index (χ3n) is 8.24. The van der Waals surface area contributed by atoms with Gasteiger partial charge in [0.05, 0.1) is 20.8 Å². The van der Waals surface area contributed by atoms with Crippen molar-refractivity contribution < 1.29 is 28.5 Å². The highest BCUT2D eigenvalue weighted by atomic mass is 16.5. The Labute approximate surface area is 256 Å². The molecule has 10 heteroatoms. The number of amides is 3. The van der Waals surface area contributed by atoms with Crippen molar-refractivity contribution in [1.29, 1.82) is 0 Å². The van der Waals surface area contributed by atoms with Gasteiger partial charge < -0.3 is 39.4 Å². The minimum absolute atomic E-state index is 0.00857. The molecule has 236 valence electrons. The van der Waals surface area contributed by atoms with Gasteiger partial charge in [-0.1, -0.05) is 12.1 Å². The fourth-order valence-electron chi connectivity index (χ4n) is 5.53. The Morgan fingerprint density at radius 2 is 1.65 bits per heavy atom. The van der Waals surface area contributed by atoms with E-state index in [0.717, 1.165) is 43.7 Å². The molecule has 2 aliphatic rings. The minimum Gasteiger partial charge on any atom is -0.497 e. The largest absolute Gasteiger partial charge is 0.497 e. The third-order valence-corrected chi connectivity index (χ3v) is 8.24. The van der Waals surface area contributed by atoms with Crippen molar-refractivity contribution in [2.24, 2.45) is 11.8 Å². The number of rotatable bonds is 16. The van der Waals surface area contributed by atoms with Crippen molar-refractivity contribution in [2.45, 2.75) is 51.7 Å². The first-order chi connectivity index (χ1) is 20.8. The van der Waals surface area contributed by atoms with Gasteiger partial charge in [-0.25, -0.2) is 4.79 Å². The summed E-state index contributed by atoms with van der Waals surface area (Å²) in [4.78, 5) is 31.1. The molecule has 1 aliphatic heterocycles. The summed E-state index contributed by atoms with van der Waals surface area (Å²) < 4.78 is 21.7. The topological polar surface area (TPSA) is 102 Å². The fraction of sp³-hybridized carbons (Fsp3) is 0.576. The molecule has 3 amide bonds. The molecular weight excluding hydrogens is 548 g/mol. The molecule has 1 saturated heterocycles. The number of ether oxygens (including phenoxy) is 4. The summed E-state index contributed by atoms with van der Waals surface area (Å²) in [7, 11) is 4.90. The lowest BCUT2D eigenvalue weighted by Crippen LogP contribution is -2.47. The van der Waals surface area contributed by atoms with Crippen LogP contribution in [0.1, 0.15) is 49.0 Å². The zero-order valence-electron chi connectivity index (χ0n) is 26.3. The fourth-order valence-corrected chi connectivity index (χ4v) is 5.53. The molecule has 2 fully saturated rings. The smallest absolute Gasteiger partial charge is 0.317 e. The van der Waals surface area contributed by atoms with Gasteiger partial charge in [0.2, 0.25) is 0 Å². The second-order valence-electron chi connectivity index (χ2n) is 11.7. The van der Waals surface area contributed by atoms with Crippen LogP contribution in [0.3, 0.4) is 0 Å². The molecule has 2 aromatic carbocycles. The van der Waals surface area contributed by atoms with Crippen LogP contribution < -0.4 is 24.8 Å². The van der Waals surface area contributed by atoms with Gasteiger partial charge in [0.15, 0.2) is 11.5 Å². The van der Waals surface area contributed by atoms with E-state index in [-0.39, 0.29) is 35.9 Å². The van der Waals surface area contributed by atoms with E-state index in [4.69, 9.17) is 18.9 Å². The highest BCUT2D eigenvalue weighted by Crippen LogP contribution is 2.32. The van der Waals surface area contributed by atoms with Crippen molar-refractivity contribution >= 4 is 11.9 Å². The average Bonchev–Trinajstić information content (AvgIpc) is 3.77. The maximum Gasteiger partial charge on any atom is 0.317 e. The molecule has 1 aliphatic carbocycles. The van der Waals surface area contributed by atoms with Crippen LogP contribution in [0.25, 0.3) is 0 Å². The number of nitrogens with one attached hydrogen (secondary N) is 2. The van der Waals surface area contributed by atoms with Crippen molar-refractivity contribution in [2.75, 3.05) is 60.7 Å². The monoisotopic (exact) mass is 596 g/mol. The Bertz CT molecular complexity index is 1190. The van der Waals surface area contributed by atoms with Gasteiger partial charge in [-0.2, -0.15) is 0 Å². The second kappa shape index (κ2) is 15.8. The maximum absolute atomic E-state index is 13.8. The van der Waals surface area contributed by atoms with Crippen molar-refractivity contribution in [3.05, 3.63) is 53.6 Å². The molecule has 0 radical (unpaired) electrons. The van der Waals surface area contributed by atoms with Gasteiger partial charge in [0.25, 0.3) is 5.91 Å². The number of methoxy groups -OCH3 is 3. The Morgan fingerprint density at radius 3 is 2.28 bits per heavy atom. The SMILES string of the molecule is COCCCOc1cc(C(=O)N(C[C@@H]2CNC[C@H]2CN(C(=O)NCc2ccc(OC)cc2)C2CC2)C(C)C)ccc1OC. The molecule has 2 N–H and O–H groups in total. The zero-order chi connectivity index (χ0) is 30.8. The van der Waals surface area contributed by atoms with Crippen LogP contribution in [0.4, 0.5) is 4.79 Å². The molecule has 0 bridgehead atoms. The summed E-state index contributed by atoms with van der Waals surface area (Å²) in [6, 6.07) is 13.4. The van der Waals surface area contributed by atoms with Gasteiger partial charge >= 0.3 is 6.03 Å². The van der Waals surface area contributed by atoms with Crippen LogP contribution >= 0.6 is 0 Å². The predicted molar refractivity (Wildman–Crippen MR) is 166 cm³/mol. The van der Waals surface area contributed by atoms with Crippen molar-refractivity contribution in [3.8, 4) is 17.2 Å². The second-order valence-corrected chi connectivity index (χ2v) is 11.7. The van der Waals surface area contributed by atoms with E-state index < -0.39 is 0 Å². The number of hydrogen-bond acceptors (Lipinski definition) is 7. The lowest BCUT2D eigenvalue weighted by Gasteiger charge is -2.33. The molecule has 4 rings (SSSR count). The number of benzene rings is 2. The van der Waals surface area contributed by atoms with E-state index >= 15 is 0 Å². The number of carbonyl (C=O) groups is 2. The molecule has 10 nitrogen and oxygen atoms in total. The number of urea groups is 1. The molecular formula is C33H48N4O6. The van der Waals surface area contributed by atoms with Crippen LogP contribution in [-0.4, -0.2) is 94.5 Å². The Hall–Kier alpha value is -3.50. The molecule has 0 aromatic heterocycles. The van der Waals surface area contributed by atoms with E-state index in [2.05, 4.69) is 10.6 Å². The lowest BCUT2D eigenvalue weighted by atomic mass is 9.94. The molecule has 2 atom stereocenters. The van der Waals surface area contributed by atoms with Gasteiger partial charge in [-0.3, -0.25) is 4.79 Å². The summed E-state index contributed by atoms with van der Waals surface area (Å²) >= 11 is 0. The van der Waals surface area contributed by atoms with Gasteiger partial charge in [0.1, 0.15) is 5.75 Å². The summed E-state index contributed by atoms with van der Waals surface area (Å²) in [5, 5.41) is 6.63. The molecule has 43 heavy (non-hydrogen) atoms. The quantitative estimate of drug-likeness (QED) is 0.281. The summed E-state index contributed by atoms with van der Waals surface area (Å²) in [6.07, 6.45) is 2.80. The molecule has 0 unspecified atom stereocenters. The van der Waals surface area contributed by atoms with Gasteiger partial charge in [-0.15, -0.1) is 0 Å². The van der Waals surface area contributed by atoms with Gasteiger partial charge in [-0.05, 0) is 74.4 Å². The van der Waals surface area contributed by atoms with E-state index in [1.54, 1.807) is 39.5 Å². The number of hydrogen-bond donors (Lipinski definition) is 2. The van der Waals surface area contributed by atoms with Crippen molar-refractivity contribution in [1.82, 2.24) is 20.4 Å². The normalized spacial score (nSPS) is 17.9. The first kappa shape index (κ1) is 32.4. The zero-order valence-corrected chi connectivity index (χ0v) is 26.3. The van der Waals surface area contributed by atoms with Crippen LogP contribution in [0, 0.1) is 11.8 Å². The maximum atomic E-state index is 13.8. The van der Waals surface area contributed by atoms with E-state index in [9.17, 15) is 9.59 Å². The Morgan fingerprint density at radius 1 is 0.930 bits per heavy atom. The number of nitrogens with zero attached hydrogens (tertiary/aromatic N) is 2. The predicted octanol–water partition coefficient (Wildman–Crippen LogP) is 4.18. The van der Waals surface area contributed by atoms with Crippen LogP contribution in [0.5, 0.6) is 17.2 Å². The molecule has 1 heterocycles. The van der Waals surface area contributed by atoms with E-state index in [0.29, 0.717) is 49.9 Å². The first-order valence-corrected chi connectivity index (χ1v) is 15.3. The average molecular weight is 597 g/mol. The third kappa shape index (κ3) is 9.00. The Kier molecular flexibility index (Phi) is 11.9. The molecule has 0 spiro atoms. The Balaban J connectivity index is 1.39. The minimum atomic E-state index is -0.0404. The molecule has 1 saturated carbocycles. The first-order valence-electron chi connectivity index (χ1n) is 15.3. The summed E-state index contributed by atoms with van der Waals surface area (Å²) in [6.45, 7) is 8.53. The van der Waals surface area contributed by atoms with Crippen LogP contribution in [-0.2, 0) is 11.3 Å². The van der Waals surface area contributed by atoms with Crippen LogP contribution in [0.15, 0.2) is 42.5 Å². The highest BCUT2D eigenvalue weighted by molar-refractivity contribution is 5.95. The highest BCUT2D eigenvalue weighted by Gasteiger charge is 2.38. The van der Waals surface area contributed by atoms with E-state index in [1.165, 1.54) is 0 Å².